The van der Waals surface area contributed by atoms with E-state index in [0.29, 0.717) is 5.75 Å². The fourth-order valence-electron chi connectivity index (χ4n) is 3.25. The van der Waals surface area contributed by atoms with Gasteiger partial charge >= 0.3 is 0 Å². The number of methoxy groups -OCH3 is 3. The molecule has 0 unspecified atom stereocenters. The molecule has 0 aromatic heterocycles. The molecule has 1 aliphatic rings. The normalized spacial score (nSPS) is 14.1. The summed E-state index contributed by atoms with van der Waals surface area (Å²) in [7, 11) is 4.89. The van der Waals surface area contributed by atoms with E-state index >= 15 is 0 Å². The first-order valence-electron chi connectivity index (χ1n) is 7.97. The summed E-state index contributed by atoms with van der Waals surface area (Å²) in [5.41, 5.74) is 3.48. The van der Waals surface area contributed by atoms with Crippen LogP contribution in [0.1, 0.15) is 16.7 Å². The van der Waals surface area contributed by atoms with Crippen molar-refractivity contribution >= 4 is 0 Å². The number of fused-ring (bicyclic) bond motifs is 1. The Hall–Kier alpha value is -2.40. The third-order valence-corrected chi connectivity index (χ3v) is 4.47. The van der Waals surface area contributed by atoms with Crippen LogP contribution in [-0.4, -0.2) is 37.9 Å². The fourth-order valence-corrected chi connectivity index (χ4v) is 3.25. The van der Waals surface area contributed by atoms with Crippen molar-refractivity contribution in [2.45, 2.75) is 19.5 Å². The minimum Gasteiger partial charge on any atom is -0.504 e. The number of para-hydroxylation sites is 1. The first-order chi connectivity index (χ1) is 11.7. The summed E-state index contributed by atoms with van der Waals surface area (Å²) in [4.78, 5) is 2.36. The average Bonchev–Trinajstić information content (AvgIpc) is 2.61. The number of phenols is 1. The van der Waals surface area contributed by atoms with Crippen LogP contribution in [0.3, 0.4) is 0 Å². The smallest absolute Gasteiger partial charge is 0.165 e. The van der Waals surface area contributed by atoms with Crippen molar-refractivity contribution in [3.05, 3.63) is 47.0 Å². The number of rotatable bonds is 5. The van der Waals surface area contributed by atoms with Crippen LogP contribution in [0.4, 0.5) is 0 Å². The molecule has 24 heavy (non-hydrogen) atoms. The van der Waals surface area contributed by atoms with E-state index in [0.717, 1.165) is 43.1 Å². The zero-order chi connectivity index (χ0) is 17.1. The first-order valence-corrected chi connectivity index (χ1v) is 7.97. The minimum atomic E-state index is 0.208. The van der Waals surface area contributed by atoms with Crippen LogP contribution >= 0.6 is 0 Å². The van der Waals surface area contributed by atoms with Crippen molar-refractivity contribution in [1.29, 1.82) is 0 Å². The molecule has 5 heteroatoms. The number of phenolic OH excluding ortho intramolecular Hbond substituents is 1. The van der Waals surface area contributed by atoms with E-state index in [1.165, 1.54) is 11.1 Å². The number of benzene rings is 2. The molecule has 0 atom stereocenters. The monoisotopic (exact) mass is 329 g/mol. The molecule has 0 saturated heterocycles. The van der Waals surface area contributed by atoms with Crippen molar-refractivity contribution < 1.29 is 19.3 Å². The van der Waals surface area contributed by atoms with Crippen LogP contribution in [0.15, 0.2) is 30.3 Å². The summed E-state index contributed by atoms with van der Waals surface area (Å²) in [5.74, 6) is 2.27. The van der Waals surface area contributed by atoms with Gasteiger partial charge in [0.25, 0.3) is 0 Å². The molecule has 1 N–H and O–H groups in total. The van der Waals surface area contributed by atoms with Crippen molar-refractivity contribution in [2.75, 3.05) is 27.9 Å². The van der Waals surface area contributed by atoms with Gasteiger partial charge in [0, 0.05) is 25.2 Å². The molecule has 1 aliphatic heterocycles. The lowest BCUT2D eigenvalue weighted by molar-refractivity contribution is 0.239. The van der Waals surface area contributed by atoms with Gasteiger partial charge in [-0.15, -0.1) is 0 Å². The maximum atomic E-state index is 9.92. The van der Waals surface area contributed by atoms with Crippen molar-refractivity contribution in [2.24, 2.45) is 0 Å². The Kier molecular flexibility index (Phi) is 4.81. The van der Waals surface area contributed by atoms with Crippen LogP contribution in [0.5, 0.6) is 23.0 Å². The maximum absolute atomic E-state index is 9.92. The summed E-state index contributed by atoms with van der Waals surface area (Å²) < 4.78 is 16.1. The molecule has 0 amide bonds. The summed E-state index contributed by atoms with van der Waals surface area (Å²) in [6.07, 6.45) is 0.902. The Morgan fingerprint density at radius 1 is 1.00 bits per heavy atom. The molecule has 0 spiro atoms. The maximum Gasteiger partial charge on any atom is 0.165 e. The highest BCUT2D eigenvalue weighted by molar-refractivity contribution is 5.48. The molecule has 128 valence electrons. The quantitative estimate of drug-likeness (QED) is 0.914. The van der Waals surface area contributed by atoms with E-state index < -0.39 is 0 Å². The second-order valence-corrected chi connectivity index (χ2v) is 5.91. The van der Waals surface area contributed by atoms with Gasteiger partial charge in [-0.25, -0.2) is 0 Å². The van der Waals surface area contributed by atoms with Crippen LogP contribution < -0.4 is 14.2 Å². The zero-order valence-electron chi connectivity index (χ0n) is 14.3. The Labute approximate surface area is 142 Å². The Morgan fingerprint density at radius 2 is 1.79 bits per heavy atom. The highest BCUT2D eigenvalue weighted by atomic mass is 16.5. The van der Waals surface area contributed by atoms with E-state index in [-0.39, 0.29) is 5.75 Å². The lowest BCUT2D eigenvalue weighted by Gasteiger charge is -2.29. The third kappa shape index (κ3) is 3.12. The molecule has 0 fully saturated rings. The van der Waals surface area contributed by atoms with Gasteiger partial charge in [-0.2, -0.15) is 0 Å². The number of ether oxygens (including phenoxy) is 3. The van der Waals surface area contributed by atoms with Gasteiger partial charge in [-0.3, -0.25) is 4.90 Å². The van der Waals surface area contributed by atoms with Crippen LogP contribution in [0.2, 0.25) is 0 Å². The molecule has 0 bridgehead atoms. The van der Waals surface area contributed by atoms with Gasteiger partial charge in [-0.1, -0.05) is 12.1 Å². The Morgan fingerprint density at radius 3 is 2.50 bits per heavy atom. The molecule has 0 saturated carbocycles. The number of hydrogen-bond donors (Lipinski definition) is 1. The van der Waals surface area contributed by atoms with Crippen LogP contribution in [-0.2, 0) is 19.5 Å². The van der Waals surface area contributed by atoms with E-state index in [9.17, 15) is 5.11 Å². The molecule has 2 aromatic rings. The van der Waals surface area contributed by atoms with Gasteiger partial charge in [0.2, 0.25) is 0 Å². The fraction of sp³-hybridized carbons (Fsp3) is 0.368. The standard InChI is InChI=1S/C19H23NO4/c1-22-17-6-4-5-14(19(17)24-3)11-20-8-7-13-9-16(21)18(23-2)10-15(13)12-20/h4-6,9-10,21H,7-8,11-12H2,1-3H3. The summed E-state index contributed by atoms with van der Waals surface area (Å²) in [6.45, 7) is 2.52. The van der Waals surface area contributed by atoms with Gasteiger partial charge in [0.15, 0.2) is 23.0 Å². The Bertz CT molecular complexity index is 730. The van der Waals surface area contributed by atoms with E-state index in [2.05, 4.69) is 11.0 Å². The van der Waals surface area contributed by atoms with E-state index in [1.54, 1.807) is 21.3 Å². The lowest BCUT2D eigenvalue weighted by atomic mass is 9.98. The van der Waals surface area contributed by atoms with Crippen molar-refractivity contribution in [3.63, 3.8) is 0 Å². The van der Waals surface area contributed by atoms with Crippen LogP contribution in [0, 0.1) is 0 Å². The average molecular weight is 329 g/mol. The summed E-state index contributed by atoms with van der Waals surface area (Å²) in [6, 6.07) is 9.70. The van der Waals surface area contributed by atoms with E-state index in [4.69, 9.17) is 14.2 Å². The molecule has 3 rings (SSSR count). The number of nitrogens with zero attached hydrogens (tertiary/aromatic N) is 1. The first kappa shape index (κ1) is 16.5. The van der Waals surface area contributed by atoms with Gasteiger partial charge in [0.1, 0.15) is 0 Å². The molecule has 2 aromatic carbocycles. The second-order valence-electron chi connectivity index (χ2n) is 5.91. The minimum absolute atomic E-state index is 0.208. The highest BCUT2D eigenvalue weighted by Crippen LogP contribution is 2.35. The highest BCUT2D eigenvalue weighted by Gasteiger charge is 2.20. The van der Waals surface area contributed by atoms with Crippen molar-refractivity contribution in [3.8, 4) is 23.0 Å². The largest absolute Gasteiger partial charge is 0.504 e. The van der Waals surface area contributed by atoms with E-state index in [1.807, 2.05) is 24.3 Å². The molecular formula is C19H23NO4. The lowest BCUT2D eigenvalue weighted by Crippen LogP contribution is -2.30. The molecule has 0 radical (unpaired) electrons. The number of hydrogen-bond acceptors (Lipinski definition) is 5. The van der Waals surface area contributed by atoms with Gasteiger partial charge in [-0.05, 0) is 35.7 Å². The predicted molar refractivity (Wildman–Crippen MR) is 92.0 cm³/mol. The zero-order valence-corrected chi connectivity index (χ0v) is 14.3. The molecule has 1 heterocycles. The Balaban J connectivity index is 1.82. The third-order valence-electron chi connectivity index (χ3n) is 4.47. The second kappa shape index (κ2) is 7.01. The predicted octanol–water partition coefficient (Wildman–Crippen LogP) is 2.98. The number of aromatic hydroxyl groups is 1. The SMILES string of the molecule is COc1cc2c(cc1O)CCN(Cc1cccc(OC)c1OC)C2. The molecular weight excluding hydrogens is 306 g/mol. The summed E-state index contributed by atoms with van der Waals surface area (Å²) >= 11 is 0. The van der Waals surface area contributed by atoms with Crippen LogP contribution in [0.25, 0.3) is 0 Å². The van der Waals surface area contributed by atoms with Gasteiger partial charge in [0.05, 0.1) is 21.3 Å². The topological polar surface area (TPSA) is 51.2 Å². The van der Waals surface area contributed by atoms with Gasteiger partial charge < -0.3 is 19.3 Å². The van der Waals surface area contributed by atoms with Crippen molar-refractivity contribution in [1.82, 2.24) is 4.90 Å². The molecule has 5 nitrogen and oxygen atoms in total. The molecule has 0 aliphatic carbocycles. The summed E-state index contributed by atoms with van der Waals surface area (Å²) in [5, 5.41) is 9.92.